The lowest BCUT2D eigenvalue weighted by Crippen LogP contribution is -2.33. The van der Waals surface area contributed by atoms with Crippen LogP contribution in [0.3, 0.4) is 0 Å². The van der Waals surface area contributed by atoms with Gasteiger partial charge >= 0.3 is 0 Å². The number of carbonyl (C=O) groups is 1. The van der Waals surface area contributed by atoms with Crippen molar-refractivity contribution in [1.29, 1.82) is 0 Å². The monoisotopic (exact) mass is 298 g/mol. The van der Waals surface area contributed by atoms with E-state index in [4.69, 9.17) is 11.2 Å². The van der Waals surface area contributed by atoms with Gasteiger partial charge in [0.2, 0.25) is 5.91 Å². The molecule has 6 nitrogen and oxygen atoms in total. The van der Waals surface area contributed by atoms with Crippen molar-refractivity contribution >= 4 is 5.91 Å². The van der Waals surface area contributed by atoms with E-state index in [1.807, 2.05) is 11.0 Å². The Balaban J connectivity index is 1.56. The van der Waals surface area contributed by atoms with Crippen molar-refractivity contribution in [2.24, 2.45) is 10.2 Å². The molecule has 22 heavy (non-hydrogen) atoms. The molecule has 6 heteroatoms. The molecule has 0 unspecified atom stereocenters. The standard InChI is InChI=1S/C16H18N4O2/c1-2-3-6-16(18-19-16)7-4-15(21)20-9-10-22-14-11-17-8-5-13(14)12-20/h1,5,8,11H,3-4,6-7,9-10,12H2. The van der Waals surface area contributed by atoms with Crippen molar-refractivity contribution in [3.63, 3.8) is 0 Å². The van der Waals surface area contributed by atoms with Crippen molar-refractivity contribution in [2.75, 3.05) is 13.2 Å². The molecule has 0 saturated carbocycles. The summed E-state index contributed by atoms with van der Waals surface area (Å²) in [7, 11) is 0. The molecule has 0 atom stereocenters. The van der Waals surface area contributed by atoms with E-state index >= 15 is 0 Å². The number of terminal acetylenes is 1. The molecular weight excluding hydrogens is 280 g/mol. The molecule has 0 aromatic carbocycles. The van der Waals surface area contributed by atoms with Gasteiger partial charge < -0.3 is 9.64 Å². The maximum Gasteiger partial charge on any atom is 0.223 e. The van der Waals surface area contributed by atoms with Gasteiger partial charge in [0.05, 0.1) is 12.7 Å². The zero-order valence-corrected chi connectivity index (χ0v) is 12.4. The molecule has 0 bridgehead atoms. The van der Waals surface area contributed by atoms with Gasteiger partial charge in [-0.3, -0.25) is 9.78 Å². The Morgan fingerprint density at radius 3 is 3.09 bits per heavy atom. The SMILES string of the molecule is C#CCCC1(CCC(=O)N2CCOc3cnccc3C2)N=N1. The van der Waals surface area contributed by atoms with Crippen LogP contribution >= 0.6 is 0 Å². The lowest BCUT2D eigenvalue weighted by molar-refractivity contribution is -0.132. The molecule has 1 aromatic heterocycles. The number of hydrogen-bond acceptors (Lipinski definition) is 5. The molecule has 0 N–H and O–H groups in total. The van der Waals surface area contributed by atoms with Crippen LogP contribution in [0.2, 0.25) is 0 Å². The van der Waals surface area contributed by atoms with Gasteiger partial charge in [-0.25, -0.2) is 0 Å². The van der Waals surface area contributed by atoms with Gasteiger partial charge in [0.25, 0.3) is 0 Å². The third-order valence-corrected chi connectivity index (χ3v) is 3.99. The van der Waals surface area contributed by atoms with Gasteiger partial charge in [-0.2, -0.15) is 10.2 Å². The summed E-state index contributed by atoms with van der Waals surface area (Å²) in [6.45, 7) is 1.63. The summed E-state index contributed by atoms with van der Waals surface area (Å²) in [6, 6.07) is 1.89. The normalized spacial score (nSPS) is 17.9. The summed E-state index contributed by atoms with van der Waals surface area (Å²) in [5.74, 6) is 3.46. The molecular formula is C16H18N4O2. The Hall–Kier alpha value is -2.42. The molecule has 0 radical (unpaired) electrons. The van der Waals surface area contributed by atoms with E-state index in [1.54, 1.807) is 12.4 Å². The number of ether oxygens (including phenoxy) is 1. The minimum atomic E-state index is -0.397. The molecule has 1 aromatic rings. The second-order valence-electron chi connectivity index (χ2n) is 5.53. The lowest BCUT2D eigenvalue weighted by atomic mass is 10.0. The van der Waals surface area contributed by atoms with E-state index in [1.165, 1.54) is 0 Å². The fourth-order valence-electron chi connectivity index (χ4n) is 2.57. The highest BCUT2D eigenvalue weighted by atomic mass is 16.5. The Labute approximate surface area is 129 Å². The summed E-state index contributed by atoms with van der Waals surface area (Å²) >= 11 is 0. The van der Waals surface area contributed by atoms with Crippen LogP contribution in [-0.4, -0.2) is 34.6 Å². The summed E-state index contributed by atoms with van der Waals surface area (Å²) in [6.07, 6.45) is 11.1. The molecule has 0 aliphatic carbocycles. The molecule has 1 amide bonds. The van der Waals surface area contributed by atoms with Crippen molar-refractivity contribution in [3.05, 3.63) is 24.0 Å². The minimum absolute atomic E-state index is 0.102. The first kappa shape index (κ1) is 14.5. The number of rotatable bonds is 5. The van der Waals surface area contributed by atoms with Crippen LogP contribution in [0.4, 0.5) is 0 Å². The van der Waals surface area contributed by atoms with Crippen LogP contribution in [0.5, 0.6) is 5.75 Å². The van der Waals surface area contributed by atoms with Crippen LogP contribution in [0.25, 0.3) is 0 Å². The van der Waals surface area contributed by atoms with Crippen molar-refractivity contribution in [1.82, 2.24) is 9.88 Å². The van der Waals surface area contributed by atoms with Crippen LogP contribution in [0, 0.1) is 12.3 Å². The van der Waals surface area contributed by atoms with E-state index in [-0.39, 0.29) is 5.91 Å². The molecule has 2 aliphatic heterocycles. The summed E-state index contributed by atoms with van der Waals surface area (Å²) in [4.78, 5) is 18.3. The minimum Gasteiger partial charge on any atom is -0.490 e. The van der Waals surface area contributed by atoms with Gasteiger partial charge in [-0.15, -0.1) is 12.3 Å². The fourth-order valence-corrected chi connectivity index (χ4v) is 2.57. The molecule has 0 saturated heterocycles. The predicted molar refractivity (Wildman–Crippen MR) is 80.0 cm³/mol. The van der Waals surface area contributed by atoms with E-state index in [0.717, 1.165) is 17.7 Å². The Morgan fingerprint density at radius 1 is 1.45 bits per heavy atom. The summed E-state index contributed by atoms with van der Waals surface area (Å²) in [5.41, 5.74) is 0.593. The third-order valence-electron chi connectivity index (χ3n) is 3.99. The number of aromatic nitrogens is 1. The number of nitrogens with zero attached hydrogens (tertiary/aromatic N) is 4. The average molecular weight is 298 g/mol. The molecule has 0 spiro atoms. The van der Waals surface area contributed by atoms with E-state index in [0.29, 0.717) is 39.0 Å². The second-order valence-corrected chi connectivity index (χ2v) is 5.53. The highest BCUT2D eigenvalue weighted by Gasteiger charge is 2.39. The van der Waals surface area contributed by atoms with Gasteiger partial charge in [0.1, 0.15) is 12.4 Å². The third kappa shape index (κ3) is 3.25. The topological polar surface area (TPSA) is 67.2 Å². The fraction of sp³-hybridized carbons (Fsp3) is 0.500. The van der Waals surface area contributed by atoms with Gasteiger partial charge in [-0.05, 0) is 6.07 Å². The molecule has 3 heterocycles. The number of fused-ring (bicyclic) bond motifs is 1. The first-order valence-electron chi connectivity index (χ1n) is 7.43. The predicted octanol–water partition coefficient (Wildman–Crippen LogP) is 2.16. The molecule has 3 rings (SSSR count). The number of hydrogen-bond donors (Lipinski definition) is 0. The number of amides is 1. The lowest BCUT2D eigenvalue weighted by Gasteiger charge is -2.20. The average Bonchev–Trinajstić information content (AvgIpc) is 3.34. The Morgan fingerprint density at radius 2 is 2.32 bits per heavy atom. The van der Waals surface area contributed by atoms with Crippen molar-refractivity contribution < 1.29 is 9.53 Å². The maximum absolute atomic E-state index is 12.4. The zero-order valence-electron chi connectivity index (χ0n) is 12.4. The summed E-state index contributed by atoms with van der Waals surface area (Å²) in [5, 5.41) is 8.14. The first-order chi connectivity index (χ1) is 10.7. The van der Waals surface area contributed by atoms with Gasteiger partial charge in [0.15, 0.2) is 5.66 Å². The smallest absolute Gasteiger partial charge is 0.223 e. The quantitative estimate of drug-likeness (QED) is 0.782. The Bertz CT molecular complexity index is 629. The van der Waals surface area contributed by atoms with E-state index in [2.05, 4.69) is 21.1 Å². The van der Waals surface area contributed by atoms with Gasteiger partial charge in [-0.1, -0.05) is 0 Å². The second kappa shape index (κ2) is 6.14. The molecule has 0 fully saturated rings. The Kier molecular flexibility index (Phi) is 4.05. The molecule has 114 valence electrons. The van der Waals surface area contributed by atoms with Crippen LogP contribution in [0.1, 0.15) is 31.2 Å². The highest BCUT2D eigenvalue weighted by molar-refractivity contribution is 5.76. The number of pyridine rings is 1. The highest BCUT2D eigenvalue weighted by Crippen LogP contribution is 2.37. The van der Waals surface area contributed by atoms with Crippen LogP contribution in [-0.2, 0) is 11.3 Å². The maximum atomic E-state index is 12.4. The van der Waals surface area contributed by atoms with Crippen molar-refractivity contribution in [3.8, 4) is 18.1 Å². The summed E-state index contributed by atoms with van der Waals surface area (Å²) < 4.78 is 5.62. The van der Waals surface area contributed by atoms with Crippen LogP contribution < -0.4 is 4.74 Å². The van der Waals surface area contributed by atoms with Crippen molar-refractivity contribution in [2.45, 2.75) is 37.9 Å². The molecule has 2 aliphatic rings. The number of carbonyl (C=O) groups excluding carboxylic acids is 1. The van der Waals surface area contributed by atoms with E-state index in [9.17, 15) is 4.79 Å². The van der Waals surface area contributed by atoms with Gasteiger partial charge in [0, 0.05) is 44.0 Å². The largest absolute Gasteiger partial charge is 0.490 e. The first-order valence-corrected chi connectivity index (χ1v) is 7.43. The van der Waals surface area contributed by atoms with E-state index < -0.39 is 5.66 Å². The van der Waals surface area contributed by atoms with Crippen LogP contribution in [0.15, 0.2) is 28.7 Å². The zero-order chi connectivity index (χ0) is 15.4.